The number of carbonyl (C=O) groups excluding carboxylic acids is 1. The van der Waals surface area contributed by atoms with E-state index in [0.29, 0.717) is 4.73 Å². The normalized spacial score (nSPS) is 10.6. The molecule has 0 spiro atoms. The van der Waals surface area contributed by atoms with E-state index >= 15 is 0 Å². The average molecular weight is 385 g/mol. The van der Waals surface area contributed by atoms with Crippen molar-refractivity contribution in [2.45, 2.75) is 6.92 Å². The van der Waals surface area contributed by atoms with E-state index in [1.165, 1.54) is 30.3 Å². The summed E-state index contributed by atoms with van der Waals surface area (Å²) in [6.07, 6.45) is 0. The second-order valence-corrected chi connectivity index (χ2v) is 5.62. The number of non-ortho nitro benzene ring substituents is 1. The quantitative estimate of drug-likeness (QED) is 0.205. The van der Waals surface area contributed by atoms with Crippen LogP contribution in [0.2, 0.25) is 0 Å². The number of para-hydroxylation sites is 2. The van der Waals surface area contributed by atoms with E-state index in [-0.39, 0.29) is 34.6 Å². The average Bonchev–Trinajstić information content (AvgIpc) is 2.68. The van der Waals surface area contributed by atoms with Gasteiger partial charge in [-0.2, -0.15) is 4.73 Å². The van der Waals surface area contributed by atoms with Crippen LogP contribution in [-0.4, -0.2) is 28.8 Å². The summed E-state index contributed by atoms with van der Waals surface area (Å²) in [6.45, 7) is 1.23. The van der Waals surface area contributed by atoms with Crippen LogP contribution in [0.4, 0.5) is 5.69 Å². The largest absolute Gasteiger partial charge is 0.618 e. The van der Waals surface area contributed by atoms with Gasteiger partial charge in [0.25, 0.3) is 11.4 Å². The molecule has 0 amide bonds. The molecular weight excluding hydrogens is 370 g/mol. The van der Waals surface area contributed by atoms with Gasteiger partial charge in [0.2, 0.25) is 12.1 Å². The van der Waals surface area contributed by atoms with E-state index in [4.69, 9.17) is 9.57 Å². The molecule has 0 fully saturated rings. The molecular formula is C18H15N3O7. The highest BCUT2D eigenvalue weighted by Crippen LogP contribution is 2.20. The van der Waals surface area contributed by atoms with Gasteiger partial charge in [-0.15, -0.1) is 4.73 Å². The zero-order valence-corrected chi connectivity index (χ0v) is 14.7. The van der Waals surface area contributed by atoms with Gasteiger partial charge in [0.15, 0.2) is 5.52 Å². The number of benzene rings is 2. The van der Waals surface area contributed by atoms with Gasteiger partial charge in [0.05, 0.1) is 17.1 Å². The summed E-state index contributed by atoms with van der Waals surface area (Å²) in [6, 6.07) is 11.3. The number of nitro benzene ring substituents is 1. The van der Waals surface area contributed by atoms with Crippen molar-refractivity contribution in [2.24, 2.45) is 0 Å². The minimum Gasteiger partial charge on any atom is -0.618 e. The van der Waals surface area contributed by atoms with E-state index < -0.39 is 23.1 Å². The molecule has 0 atom stereocenters. The van der Waals surface area contributed by atoms with Gasteiger partial charge < -0.3 is 14.8 Å². The minimum atomic E-state index is -0.863. The molecule has 0 aliphatic carbocycles. The third kappa shape index (κ3) is 3.47. The lowest BCUT2D eigenvalue weighted by molar-refractivity contribution is -0.566. The molecule has 0 N–H and O–H groups in total. The first-order valence-corrected chi connectivity index (χ1v) is 8.25. The highest BCUT2D eigenvalue weighted by molar-refractivity contribution is 5.74. The maximum absolute atomic E-state index is 13.0. The molecule has 3 aromatic rings. The maximum atomic E-state index is 13.0. The second-order valence-electron chi connectivity index (χ2n) is 5.62. The van der Waals surface area contributed by atoms with Crippen LogP contribution in [-0.2, 0) is 9.53 Å². The summed E-state index contributed by atoms with van der Waals surface area (Å²) in [5.74, 6) is -0.686. The van der Waals surface area contributed by atoms with Crippen molar-refractivity contribution < 1.29 is 24.0 Å². The van der Waals surface area contributed by atoms with Gasteiger partial charge in [-0.3, -0.25) is 14.9 Å². The molecule has 0 unspecified atom stereocenters. The van der Waals surface area contributed by atoms with Crippen LogP contribution in [0, 0.1) is 15.3 Å². The Hall–Kier alpha value is -3.95. The first-order valence-electron chi connectivity index (χ1n) is 8.25. The van der Waals surface area contributed by atoms with E-state index in [1.807, 2.05) is 0 Å². The number of ether oxygens (including phenoxy) is 1. The summed E-state index contributed by atoms with van der Waals surface area (Å²) in [5, 5.41) is 23.8. The van der Waals surface area contributed by atoms with Crippen LogP contribution >= 0.6 is 0 Å². The van der Waals surface area contributed by atoms with E-state index in [9.17, 15) is 24.9 Å². The molecule has 0 bridgehead atoms. The van der Waals surface area contributed by atoms with Crippen molar-refractivity contribution in [3.05, 3.63) is 74.2 Å². The Morgan fingerprint density at radius 2 is 1.96 bits per heavy atom. The number of nitro groups is 1. The monoisotopic (exact) mass is 385 g/mol. The van der Waals surface area contributed by atoms with Gasteiger partial charge in [-0.1, -0.05) is 18.2 Å². The van der Waals surface area contributed by atoms with Crippen molar-refractivity contribution in [2.75, 3.05) is 13.2 Å². The molecule has 0 aliphatic heterocycles. The van der Waals surface area contributed by atoms with Crippen molar-refractivity contribution in [3.8, 4) is 11.3 Å². The number of hydrogen-bond acceptors (Lipinski definition) is 7. The van der Waals surface area contributed by atoms with Crippen LogP contribution in [0.15, 0.2) is 53.3 Å². The number of carbonyl (C=O) groups is 1. The molecule has 144 valence electrons. The van der Waals surface area contributed by atoms with Gasteiger partial charge in [0.1, 0.15) is 0 Å². The first kappa shape index (κ1) is 18.8. The zero-order chi connectivity index (χ0) is 20.3. The Labute approximate surface area is 157 Å². The highest BCUT2D eigenvalue weighted by Gasteiger charge is 2.25. The molecule has 0 radical (unpaired) electrons. The fourth-order valence-electron chi connectivity index (χ4n) is 2.68. The van der Waals surface area contributed by atoms with Gasteiger partial charge in [-0.25, -0.2) is 4.79 Å². The number of esters is 1. The van der Waals surface area contributed by atoms with Crippen LogP contribution < -0.4 is 15.1 Å². The summed E-state index contributed by atoms with van der Waals surface area (Å²) >= 11 is 0. The summed E-state index contributed by atoms with van der Waals surface area (Å²) in [5.41, 5.74) is -1.23. The molecule has 1 heterocycles. The van der Waals surface area contributed by atoms with Gasteiger partial charge >= 0.3 is 11.5 Å². The minimum absolute atomic E-state index is 0.0495. The lowest BCUT2D eigenvalue weighted by atomic mass is 10.1. The maximum Gasteiger partial charge on any atom is 0.357 e. The Balaban J connectivity index is 2.21. The van der Waals surface area contributed by atoms with Crippen LogP contribution in [0.3, 0.4) is 0 Å². The predicted molar refractivity (Wildman–Crippen MR) is 97.3 cm³/mol. The molecule has 28 heavy (non-hydrogen) atoms. The molecule has 10 heteroatoms. The van der Waals surface area contributed by atoms with Crippen LogP contribution in [0.1, 0.15) is 6.92 Å². The highest BCUT2D eigenvalue weighted by atomic mass is 16.7. The lowest BCUT2D eigenvalue weighted by Gasteiger charge is -2.13. The molecule has 2 aromatic carbocycles. The molecule has 0 aliphatic rings. The molecule has 1 aromatic heterocycles. The van der Waals surface area contributed by atoms with E-state index in [0.717, 1.165) is 10.8 Å². The summed E-state index contributed by atoms with van der Waals surface area (Å²) in [7, 11) is 0. The standard InChI is InChI=1S/C18H15N3O7/c1-2-27-16(22)11-28-20-15-9-4-3-8-14(15)19(24)17(18(20)23)12-6-5-7-13(10-12)21(25)26/h3-10H,2,11H2,1H3. The van der Waals surface area contributed by atoms with Crippen molar-refractivity contribution in [1.29, 1.82) is 0 Å². The topological polar surface area (TPSA) is 128 Å². The number of hydrogen-bond donors (Lipinski definition) is 0. The summed E-state index contributed by atoms with van der Waals surface area (Å²) < 4.78 is 5.98. The van der Waals surface area contributed by atoms with Crippen molar-refractivity contribution in [3.63, 3.8) is 0 Å². The van der Waals surface area contributed by atoms with E-state index in [2.05, 4.69) is 0 Å². The first-order chi connectivity index (χ1) is 13.4. The Morgan fingerprint density at radius 1 is 1.21 bits per heavy atom. The number of aromatic nitrogens is 2. The second kappa shape index (κ2) is 7.74. The van der Waals surface area contributed by atoms with Crippen LogP contribution in [0.25, 0.3) is 22.3 Å². The van der Waals surface area contributed by atoms with E-state index in [1.54, 1.807) is 19.1 Å². The predicted octanol–water partition coefficient (Wildman–Crippen LogP) is 1.20. The number of rotatable bonds is 6. The molecule has 10 nitrogen and oxygen atoms in total. The number of fused-ring (bicyclic) bond motifs is 1. The Kier molecular flexibility index (Phi) is 5.21. The zero-order valence-electron chi connectivity index (χ0n) is 14.7. The molecule has 0 saturated carbocycles. The lowest BCUT2D eigenvalue weighted by Crippen LogP contribution is -2.43. The molecule has 3 rings (SSSR count). The third-order valence-corrected chi connectivity index (χ3v) is 3.86. The summed E-state index contributed by atoms with van der Waals surface area (Å²) in [4.78, 5) is 40.3. The molecule has 0 saturated heterocycles. The van der Waals surface area contributed by atoms with Gasteiger partial charge in [0, 0.05) is 18.2 Å². The van der Waals surface area contributed by atoms with Crippen molar-refractivity contribution in [1.82, 2.24) is 4.73 Å². The Morgan fingerprint density at radius 3 is 2.68 bits per heavy atom. The van der Waals surface area contributed by atoms with Crippen LogP contribution in [0.5, 0.6) is 0 Å². The number of nitrogens with zero attached hydrogens (tertiary/aromatic N) is 3. The van der Waals surface area contributed by atoms with Gasteiger partial charge in [-0.05, 0) is 19.1 Å². The fraction of sp³-hybridized carbons (Fsp3) is 0.167. The smallest absolute Gasteiger partial charge is 0.357 e. The third-order valence-electron chi connectivity index (χ3n) is 3.86. The fourth-order valence-corrected chi connectivity index (χ4v) is 2.68. The SMILES string of the molecule is CCOC(=O)COn1c(=O)c(-c2cccc([N+](=O)[O-])c2)[n+]([O-])c2ccccc21. The van der Waals surface area contributed by atoms with Crippen molar-refractivity contribution >= 4 is 22.7 Å². The Bertz CT molecular complexity index is 1120.